The molecular weight excluding hydrogens is 202 g/mol. The van der Waals surface area contributed by atoms with Gasteiger partial charge in [0, 0.05) is 22.9 Å². The number of ketones is 1. The second-order valence-electron chi connectivity index (χ2n) is 3.64. The molecule has 0 saturated heterocycles. The molecule has 0 fully saturated rings. The lowest BCUT2D eigenvalue weighted by Gasteiger charge is -2.08. The first-order chi connectivity index (χ1) is 7.77. The monoisotopic (exact) mass is 217 g/mol. The van der Waals surface area contributed by atoms with Crippen LogP contribution in [0.15, 0.2) is 35.4 Å². The Kier molecular flexibility index (Phi) is 5.09. The average molecular weight is 217 g/mol. The molecule has 0 unspecified atom stereocenters. The molecule has 0 aliphatic heterocycles. The van der Waals surface area contributed by atoms with Gasteiger partial charge in [-0.25, -0.2) is 0 Å². The molecule has 1 atom stereocenters. The van der Waals surface area contributed by atoms with Crippen LogP contribution < -0.4 is 0 Å². The SMILES string of the molecule is CCC[C@H](CC(=O)c1ccccc1)N=[N+]=[N-]. The van der Waals surface area contributed by atoms with Gasteiger partial charge in [-0.2, -0.15) is 0 Å². The molecule has 0 aliphatic carbocycles. The minimum atomic E-state index is -0.220. The topological polar surface area (TPSA) is 65.8 Å². The van der Waals surface area contributed by atoms with E-state index in [0.29, 0.717) is 12.0 Å². The molecule has 0 amide bonds. The first kappa shape index (κ1) is 12.3. The van der Waals surface area contributed by atoms with Gasteiger partial charge < -0.3 is 0 Å². The van der Waals surface area contributed by atoms with Gasteiger partial charge >= 0.3 is 0 Å². The highest BCUT2D eigenvalue weighted by molar-refractivity contribution is 5.96. The van der Waals surface area contributed by atoms with Crippen LogP contribution in [0.2, 0.25) is 0 Å². The van der Waals surface area contributed by atoms with Gasteiger partial charge in [-0.3, -0.25) is 4.79 Å². The van der Waals surface area contributed by atoms with Crippen LogP contribution in [0.1, 0.15) is 36.5 Å². The Hall–Kier alpha value is -1.80. The van der Waals surface area contributed by atoms with E-state index in [2.05, 4.69) is 10.0 Å². The van der Waals surface area contributed by atoms with Gasteiger partial charge in [-0.15, -0.1) is 0 Å². The van der Waals surface area contributed by atoms with E-state index in [-0.39, 0.29) is 11.8 Å². The Labute approximate surface area is 94.9 Å². The van der Waals surface area contributed by atoms with Crippen LogP contribution in [0.4, 0.5) is 0 Å². The molecule has 1 rings (SSSR count). The van der Waals surface area contributed by atoms with E-state index < -0.39 is 0 Å². The van der Waals surface area contributed by atoms with Crippen LogP contribution in [0.3, 0.4) is 0 Å². The number of hydrogen-bond donors (Lipinski definition) is 0. The number of benzene rings is 1. The average Bonchev–Trinajstić information content (AvgIpc) is 2.31. The molecule has 4 nitrogen and oxygen atoms in total. The number of azide groups is 1. The number of nitrogens with zero attached hydrogens (tertiary/aromatic N) is 3. The molecule has 0 aromatic heterocycles. The highest BCUT2D eigenvalue weighted by Crippen LogP contribution is 2.12. The lowest BCUT2D eigenvalue weighted by atomic mass is 10.0. The maximum Gasteiger partial charge on any atom is 0.163 e. The zero-order valence-corrected chi connectivity index (χ0v) is 9.34. The smallest absolute Gasteiger partial charge is 0.163 e. The molecule has 0 aliphatic rings. The van der Waals surface area contributed by atoms with Crippen LogP contribution in [0.5, 0.6) is 0 Å². The van der Waals surface area contributed by atoms with Crippen LogP contribution in [-0.2, 0) is 0 Å². The fraction of sp³-hybridized carbons (Fsp3) is 0.417. The summed E-state index contributed by atoms with van der Waals surface area (Å²) in [5.74, 6) is 0.0338. The third-order valence-electron chi connectivity index (χ3n) is 2.35. The number of hydrogen-bond acceptors (Lipinski definition) is 2. The van der Waals surface area contributed by atoms with Crippen LogP contribution in [0, 0.1) is 0 Å². The molecule has 0 heterocycles. The number of Topliss-reactive ketones (excluding diaryl/α,β-unsaturated/α-hetero) is 1. The van der Waals surface area contributed by atoms with Crippen molar-refractivity contribution in [1.82, 2.24) is 0 Å². The fourth-order valence-electron chi connectivity index (χ4n) is 1.56. The minimum absolute atomic E-state index is 0.0338. The molecule has 16 heavy (non-hydrogen) atoms. The van der Waals surface area contributed by atoms with E-state index >= 15 is 0 Å². The third kappa shape index (κ3) is 3.75. The van der Waals surface area contributed by atoms with E-state index in [4.69, 9.17) is 5.53 Å². The summed E-state index contributed by atoms with van der Waals surface area (Å²) in [5.41, 5.74) is 9.07. The van der Waals surface area contributed by atoms with E-state index in [1.54, 1.807) is 12.1 Å². The molecule has 0 saturated carbocycles. The Bertz CT molecular complexity index is 383. The van der Waals surface area contributed by atoms with Crippen molar-refractivity contribution in [1.29, 1.82) is 0 Å². The second kappa shape index (κ2) is 6.64. The van der Waals surface area contributed by atoms with Crippen molar-refractivity contribution in [2.24, 2.45) is 5.11 Å². The standard InChI is InChI=1S/C12H15N3O/c1-2-6-11(14-15-13)9-12(16)10-7-4-3-5-8-10/h3-5,7-8,11H,2,6,9H2,1H3/t11-/m1/s1. The van der Waals surface area contributed by atoms with Crippen molar-refractivity contribution in [2.45, 2.75) is 32.2 Å². The summed E-state index contributed by atoms with van der Waals surface area (Å²) in [6, 6.07) is 8.87. The summed E-state index contributed by atoms with van der Waals surface area (Å²) in [7, 11) is 0. The van der Waals surface area contributed by atoms with E-state index in [9.17, 15) is 4.79 Å². The lowest BCUT2D eigenvalue weighted by molar-refractivity contribution is 0.0973. The van der Waals surface area contributed by atoms with Gasteiger partial charge in [0.1, 0.15) is 0 Å². The van der Waals surface area contributed by atoms with Crippen molar-refractivity contribution in [3.8, 4) is 0 Å². The normalized spacial score (nSPS) is 11.6. The van der Waals surface area contributed by atoms with Crippen molar-refractivity contribution >= 4 is 5.78 Å². The highest BCUT2D eigenvalue weighted by Gasteiger charge is 2.12. The van der Waals surface area contributed by atoms with Crippen molar-refractivity contribution in [3.05, 3.63) is 46.3 Å². The van der Waals surface area contributed by atoms with Crippen molar-refractivity contribution in [2.75, 3.05) is 0 Å². The molecule has 0 N–H and O–H groups in total. The molecule has 4 heteroatoms. The Morgan fingerprint density at radius 2 is 2.12 bits per heavy atom. The Morgan fingerprint density at radius 3 is 2.69 bits per heavy atom. The van der Waals surface area contributed by atoms with Gasteiger partial charge in [0.2, 0.25) is 0 Å². The summed E-state index contributed by atoms with van der Waals surface area (Å²) in [6.45, 7) is 2.01. The lowest BCUT2D eigenvalue weighted by Crippen LogP contribution is -2.11. The highest BCUT2D eigenvalue weighted by atomic mass is 16.1. The number of carbonyl (C=O) groups excluding carboxylic acids is 1. The number of carbonyl (C=O) groups is 1. The summed E-state index contributed by atoms with van der Waals surface area (Å²) in [6.07, 6.45) is 1.95. The van der Waals surface area contributed by atoms with Crippen LogP contribution >= 0.6 is 0 Å². The predicted molar refractivity (Wildman–Crippen MR) is 63.2 cm³/mol. The van der Waals surface area contributed by atoms with Crippen LogP contribution in [-0.4, -0.2) is 11.8 Å². The molecule has 1 aromatic rings. The number of rotatable bonds is 6. The van der Waals surface area contributed by atoms with Gasteiger partial charge in [0.05, 0.1) is 0 Å². The molecule has 0 spiro atoms. The molecule has 0 radical (unpaired) electrons. The fourth-order valence-corrected chi connectivity index (χ4v) is 1.56. The minimum Gasteiger partial charge on any atom is -0.294 e. The van der Waals surface area contributed by atoms with Gasteiger partial charge in [0.15, 0.2) is 5.78 Å². The molecular formula is C12H15N3O. The van der Waals surface area contributed by atoms with Crippen molar-refractivity contribution < 1.29 is 4.79 Å². The summed E-state index contributed by atoms with van der Waals surface area (Å²) in [5, 5.41) is 3.64. The van der Waals surface area contributed by atoms with Gasteiger partial charge in [-0.1, -0.05) is 48.8 Å². The van der Waals surface area contributed by atoms with Gasteiger partial charge in [0.25, 0.3) is 0 Å². The summed E-state index contributed by atoms with van der Waals surface area (Å²) in [4.78, 5) is 14.6. The van der Waals surface area contributed by atoms with Crippen molar-refractivity contribution in [3.63, 3.8) is 0 Å². The van der Waals surface area contributed by atoms with Crippen LogP contribution in [0.25, 0.3) is 10.4 Å². The molecule has 0 bridgehead atoms. The summed E-state index contributed by atoms with van der Waals surface area (Å²) < 4.78 is 0. The van der Waals surface area contributed by atoms with E-state index in [1.165, 1.54) is 0 Å². The van der Waals surface area contributed by atoms with E-state index in [0.717, 1.165) is 12.8 Å². The molecule has 84 valence electrons. The quantitative estimate of drug-likeness (QED) is 0.310. The van der Waals surface area contributed by atoms with E-state index in [1.807, 2.05) is 25.1 Å². The maximum atomic E-state index is 11.8. The Morgan fingerprint density at radius 1 is 1.44 bits per heavy atom. The zero-order chi connectivity index (χ0) is 11.8. The zero-order valence-electron chi connectivity index (χ0n) is 9.34. The predicted octanol–water partition coefficient (Wildman–Crippen LogP) is 3.74. The summed E-state index contributed by atoms with van der Waals surface area (Å²) >= 11 is 0. The second-order valence-corrected chi connectivity index (χ2v) is 3.64. The largest absolute Gasteiger partial charge is 0.294 e. The first-order valence-corrected chi connectivity index (χ1v) is 5.40. The third-order valence-corrected chi connectivity index (χ3v) is 2.35. The van der Waals surface area contributed by atoms with Gasteiger partial charge in [-0.05, 0) is 12.0 Å². The first-order valence-electron chi connectivity index (χ1n) is 5.40. The Balaban J connectivity index is 2.65. The molecule has 1 aromatic carbocycles. The maximum absolute atomic E-state index is 11.8.